The first-order chi connectivity index (χ1) is 7.00. The van der Waals surface area contributed by atoms with E-state index in [2.05, 4.69) is 4.98 Å². The summed E-state index contributed by atoms with van der Waals surface area (Å²) in [4.78, 5) is 14.0. The minimum atomic E-state index is -1.37. The second-order valence-corrected chi connectivity index (χ2v) is 3.12. The van der Waals surface area contributed by atoms with Gasteiger partial charge in [-0.3, -0.25) is 9.78 Å². The van der Waals surface area contributed by atoms with Crippen LogP contribution in [0.15, 0.2) is 18.5 Å². The Hall–Kier alpha value is -1.53. The molecule has 2 atom stereocenters. The van der Waals surface area contributed by atoms with Crippen molar-refractivity contribution in [2.24, 2.45) is 5.73 Å². The number of primary amides is 1. The van der Waals surface area contributed by atoms with Crippen LogP contribution in [0.5, 0.6) is 0 Å². The molecule has 0 aliphatic carbocycles. The highest BCUT2D eigenvalue weighted by molar-refractivity contribution is 5.74. The summed E-state index contributed by atoms with van der Waals surface area (Å²) < 4.78 is 12.7. The summed E-state index contributed by atoms with van der Waals surface area (Å²) >= 11 is 0. The van der Waals surface area contributed by atoms with Crippen molar-refractivity contribution in [1.82, 2.24) is 4.98 Å². The maximum Gasteiger partial charge on any atom is 0.220 e. The number of rotatable bonds is 4. The molecule has 4 N–H and O–H groups in total. The SMILES string of the molecule is NC(=O)CC(O)C(O)c1cncc(F)c1. The van der Waals surface area contributed by atoms with Crippen molar-refractivity contribution < 1.29 is 19.4 Å². The molecular formula is C9H11FN2O3. The van der Waals surface area contributed by atoms with Crippen LogP contribution in [0.25, 0.3) is 0 Å². The Morgan fingerprint density at radius 3 is 2.73 bits per heavy atom. The molecule has 1 aromatic heterocycles. The Morgan fingerprint density at radius 1 is 1.53 bits per heavy atom. The Morgan fingerprint density at radius 2 is 2.20 bits per heavy atom. The van der Waals surface area contributed by atoms with Crippen LogP contribution in [0, 0.1) is 5.82 Å². The summed E-state index contributed by atoms with van der Waals surface area (Å²) in [6, 6.07) is 1.03. The molecule has 0 saturated heterocycles. The smallest absolute Gasteiger partial charge is 0.220 e. The number of carbonyl (C=O) groups is 1. The number of hydrogen-bond acceptors (Lipinski definition) is 4. The lowest BCUT2D eigenvalue weighted by atomic mass is 10.0. The molecule has 0 aromatic carbocycles. The quantitative estimate of drug-likeness (QED) is 0.629. The van der Waals surface area contributed by atoms with E-state index in [1.54, 1.807) is 0 Å². The van der Waals surface area contributed by atoms with E-state index in [0.29, 0.717) is 0 Å². The number of halogens is 1. The van der Waals surface area contributed by atoms with E-state index in [4.69, 9.17) is 5.73 Å². The normalized spacial score (nSPS) is 14.6. The second kappa shape index (κ2) is 4.81. The van der Waals surface area contributed by atoms with E-state index in [0.717, 1.165) is 12.3 Å². The molecule has 1 rings (SSSR count). The molecule has 82 valence electrons. The summed E-state index contributed by atoms with van der Waals surface area (Å²) in [6.07, 6.45) is -0.946. The van der Waals surface area contributed by atoms with Gasteiger partial charge in [0.25, 0.3) is 0 Å². The van der Waals surface area contributed by atoms with Crippen molar-refractivity contribution >= 4 is 5.91 Å². The lowest BCUT2D eigenvalue weighted by Crippen LogP contribution is -2.25. The number of amides is 1. The number of pyridine rings is 1. The summed E-state index contributed by atoms with van der Waals surface area (Å²) in [5.41, 5.74) is 4.94. The van der Waals surface area contributed by atoms with Crippen LogP contribution in [-0.4, -0.2) is 27.2 Å². The van der Waals surface area contributed by atoms with Crippen molar-refractivity contribution in [2.45, 2.75) is 18.6 Å². The largest absolute Gasteiger partial charge is 0.390 e. The highest BCUT2D eigenvalue weighted by Gasteiger charge is 2.20. The van der Waals surface area contributed by atoms with Crippen molar-refractivity contribution in [3.8, 4) is 0 Å². The third-order valence-electron chi connectivity index (χ3n) is 1.84. The molecule has 0 spiro atoms. The minimum absolute atomic E-state index is 0.101. The average Bonchev–Trinajstić information content (AvgIpc) is 2.15. The number of nitrogens with zero attached hydrogens (tertiary/aromatic N) is 1. The van der Waals surface area contributed by atoms with Crippen LogP contribution < -0.4 is 5.73 Å². The second-order valence-electron chi connectivity index (χ2n) is 3.12. The van der Waals surface area contributed by atoms with Crippen LogP contribution in [-0.2, 0) is 4.79 Å². The third kappa shape index (κ3) is 3.26. The molecule has 0 aliphatic heterocycles. The van der Waals surface area contributed by atoms with Crippen LogP contribution >= 0.6 is 0 Å². The van der Waals surface area contributed by atoms with Gasteiger partial charge in [0.05, 0.1) is 18.7 Å². The number of hydrogen-bond donors (Lipinski definition) is 3. The van der Waals surface area contributed by atoms with Gasteiger partial charge in [-0.05, 0) is 6.07 Å². The monoisotopic (exact) mass is 214 g/mol. The zero-order chi connectivity index (χ0) is 11.4. The molecular weight excluding hydrogens is 203 g/mol. The van der Waals surface area contributed by atoms with Gasteiger partial charge in [-0.1, -0.05) is 0 Å². The Labute approximate surface area is 85.4 Å². The van der Waals surface area contributed by atoms with E-state index in [1.165, 1.54) is 6.20 Å². The summed E-state index contributed by atoms with van der Waals surface area (Å²) in [5, 5.41) is 18.8. The molecule has 0 aliphatic rings. The lowest BCUT2D eigenvalue weighted by molar-refractivity contribution is -0.121. The molecule has 0 radical (unpaired) electrons. The van der Waals surface area contributed by atoms with Crippen molar-refractivity contribution in [1.29, 1.82) is 0 Å². The van der Waals surface area contributed by atoms with Gasteiger partial charge in [0.2, 0.25) is 5.91 Å². The van der Waals surface area contributed by atoms with Crippen LogP contribution in [0.1, 0.15) is 18.1 Å². The van der Waals surface area contributed by atoms with E-state index in [9.17, 15) is 19.4 Å². The van der Waals surface area contributed by atoms with Gasteiger partial charge in [0.15, 0.2) is 0 Å². The first-order valence-electron chi connectivity index (χ1n) is 4.25. The predicted octanol–water partition coefficient (Wildman–Crippen LogP) is -0.510. The maximum absolute atomic E-state index is 12.7. The zero-order valence-corrected chi connectivity index (χ0v) is 7.80. The van der Waals surface area contributed by atoms with Crippen LogP contribution in [0.2, 0.25) is 0 Å². The summed E-state index contributed by atoms with van der Waals surface area (Å²) in [6.45, 7) is 0. The molecule has 1 aromatic rings. The van der Waals surface area contributed by atoms with Gasteiger partial charge in [-0.15, -0.1) is 0 Å². The molecule has 2 unspecified atom stereocenters. The van der Waals surface area contributed by atoms with E-state index in [1.807, 2.05) is 0 Å². The van der Waals surface area contributed by atoms with Crippen LogP contribution in [0.3, 0.4) is 0 Å². The van der Waals surface area contributed by atoms with Gasteiger partial charge in [-0.25, -0.2) is 4.39 Å². The van der Waals surface area contributed by atoms with Gasteiger partial charge >= 0.3 is 0 Å². The first-order valence-corrected chi connectivity index (χ1v) is 4.25. The predicted molar refractivity (Wildman–Crippen MR) is 49.0 cm³/mol. The fraction of sp³-hybridized carbons (Fsp3) is 0.333. The summed E-state index contributed by atoms with van der Waals surface area (Å²) in [5.74, 6) is -1.37. The highest BCUT2D eigenvalue weighted by atomic mass is 19.1. The maximum atomic E-state index is 12.7. The molecule has 1 heterocycles. The van der Waals surface area contributed by atoms with Gasteiger partial charge < -0.3 is 15.9 Å². The van der Waals surface area contributed by atoms with E-state index >= 15 is 0 Å². The Bertz CT molecular complexity index is 359. The van der Waals surface area contributed by atoms with E-state index < -0.39 is 30.4 Å². The topological polar surface area (TPSA) is 96.4 Å². The number of aromatic nitrogens is 1. The van der Waals surface area contributed by atoms with Crippen molar-refractivity contribution in [3.05, 3.63) is 29.8 Å². The molecule has 1 amide bonds. The molecule has 0 saturated carbocycles. The standard InChI is InChI=1S/C9H11FN2O3/c10-6-1-5(3-12-4-6)9(15)7(13)2-8(11)14/h1,3-4,7,9,13,15H,2H2,(H2,11,14). The minimum Gasteiger partial charge on any atom is -0.390 e. The molecule has 15 heavy (non-hydrogen) atoms. The van der Waals surface area contributed by atoms with Gasteiger partial charge in [0.1, 0.15) is 11.9 Å². The van der Waals surface area contributed by atoms with Crippen molar-refractivity contribution in [3.63, 3.8) is 0 Å². The molecule has 6 heteroatoms. The number of carbonyl (C=O) groups excluding carboxylic acids is 1. The molecule has 5 nitrogen and oxygen atoms in total. The van der Waals surface area contributed by atoms with Crippen LogP contribution in [0.4, 0.5) is 4.39 Å². The molecule has 0 fully saturated rings. The van der Waals surface area contributed by atoms with E-state index in [-0.39, 0.29) is 5.56 Å². The van der Waals surface area contributed by atoms with Crippen molar-refractivity contribution in [2.75, 3.05) is 0 Å². The number of aliphatic hydroxyl groups is 2. The summed E-state index contributed by atoms with van der Waals surface area (Å²) in [7, 11) is 0. The number of aliphatic hydroxyl groups excluding tert-OH is 2. The first kappa shape index (κ1) is 11.5. The Balaban J connectivity index is 2.75. The Kier molecular flexibility index (Phi) is 3.70. The lowest BCUT2D eigenvalue weighted by Gasteiger charge is -2.16. The number of nitrogens with two attached hydrogens (primary N) is 1. The highest BCUT2D eigenvalue weighted by Crippen LogP contribution is 2.18. The van der Waals surface area contributed by atoms with Gasteiger partial charge in [0, 0.05) is 11.8 Å². The molecule has 0 bridgehead atoms. The average molecular weight is 214 g/mol. The fourth-order valence-corrected chi connectivity index (χ4v) is 1.13. The third-order valence-corrected chi connectivity index (χ3v) is 1.84. The van der Waals surface area contributed by atoms with Gasteiger partial charge in [-0.2, -0.15) is 0 Å². The fourth-order valence-electron chi connectivity index (χ4n) is 1.13. The zero-order valence-electron chi connectivity index (χ0n) is 7.80.